The van der Waals surface area contributed by atoms with Crippen molar-refractivity contribution >= 4 is 21.7 Å². The van der Waals surface area contributed by atoms with E-state index < -0.39 is 0 Å². The summed E-state index contributed by atoms with van der Waals surface area (Å²) in [5.74, 6) is -0.312. The highest BCUT2D eigenvalue weighted by Crippen LogP contribution is 2.36. The molecular formula is C11H10BrFO. The number of rotatable bonds is 1. The average molecular weight is 257 g/mol. The predicted molar refractivity (Wildman–Crippen MR) is 55.8 cm³/mol. The van der Waals surface area contributed by atoms with Crippen LogP contribution in [0.15, 0.2) is 16.6 Å². The van der Waals surface area contributed by atoms with Gasteiger partial charge in [0.1, 0.15) is 11.6 Å². The molecule has 1 atom stereocenters. The molecule has 1 fully saturated rings. The van der Waals surface area contributed by atoms with Crippen LogP contribution in [0, 0.1) is 12.7 Å². The molecule has 1 nitrogen and oxygen atoms in total. The molecule has 1 saturated carbocycles. The van der Waals surface area contributed by atoms with Gasteiger partial charge in [-0.25, -0.2) is 4.39 Å². The lowest BCUT2D eigenvalue weighted by Gasteiger charge is -2.25. The summed E-state index contributed by atoms with van der Waals surface area (Å²) in [5, 5.41) is 0. The molecule has 0 heterocycles. The Morgan fingerprint density at radius 3 is 2.71 bits per heavy atom. The first kappa shape index (κ1) is 9.84. The first-order valence-corrected chi connectivity index (χ1v) is 5.37. The van der Waals surface area contributed by atoms with E-state index in [4.69, 9.17) is 0 Å². The molecule has 1 aromatic carbocycles. The van der Waals surface area contributed by atoms with Gasteiger partial charge in [-0.1, -0.05) is 22.0 Å². The van der Waals surface area contributed by atoms with E-state index in [9.17, 15) is 9.18 Å². The van der Waals surface area contributed by atoms with Crippen molar-refractivity contribution < 1.29 is 9.18 Å². The Bertz CT molecular complexity index is 401. The summed E-state index contributed by atoms with van der Waals surface area (Å²) in [4.78, 5) is 11.2. The Balaban J connectivity index is 2.43. The highest BCUT2D eigenvalue weighted by Gasteiger charge is 2.31. The first-order chi connectivity index (χ1) is 6.59. The molecule has 0 radical (unpaired) electrons. The highest BCUT2D eigenvalue weighted by molar-refractivity contribution is 9.10. The number of benzene rings is 1. The summed E-state index contributed by atoms with van der Waals surface area (Å²) >= 11 is 3.26. The molecule has 74 valence electrons. The van der Waals surface area contributed by atoms with Crippen LogP contribution in [-0.2, 0) is 4.79 Å². The van der Waals surface area contributed by atoms with Gasteiger partial charge in [-0.15, -0.1) is 0 Å². The van der Waals surface area contributed by atoms with Gasteiger partial charge in [0, 0.05) is 16.8 Å². The molecule has 1 aliphatic carbocycles. The molecule has 1 unspecified atom stereocenters. The molecule has 0 N–H and O–H groups in total. The smallest absolute Gasteiger partial charge is 0.140 e. The van der Waals surface area contributed by atoms with Crippen molar-refractivity contribution in [3.05, 3.63) is 33.5 Å². The van der Waals surface area contributed by atoms with E-state index in [0.717, 1.165) is 16.5 Å². The van der Waals surface area contributed by atoms with E-state index in [-0.39, 0.29) is 17.5 Å². The van der Waals surface area contributed by atoms with Crippen molar-refractivity contribution in [2.24, 2.45) is 0 Å². The van der Waals surface area contributed by atoms with Crippen LogP contribution in [0.5, 0.6) is 0 Å². The van der Waals surface area contributed by atoms with Gasteiger partial charge in [0.05, 0.1) is 0 Å². The molecule has 0 spiro atoms. The van der Waals surface area contributed by atoms with Gasteiger partial charge in [0.2, 0.25) is 0 Å². The minimum Gasteiger partial charge on any atom is -0.299 e. The molecule has 3 heteroatoms. The van der Waals surface area contributed by atoms with Gasteiger partial charge in [0.25, 0.3) is 0 Å². The Hall–Kier alpha value is -0.700. The maximum absolute atomic E-state index is 13.5. The van der Waals surface area contributed by atoms with Gasteiger partial charge in [-0.2, -0.15) is 0 Å². The van der Waals surface area contributed by atoms with Crippen molar-refractivity contribution in [3.63, 3.8) is 0 Å². The third-order valence-corrected chi connectivity index (χ3v) is 3.58. The van der Waals surface area contributed by atoms with E-state index in [1.165, 1.54) is 6.07 Å². The molecule has 14 heavy (non-hydrogen) atoms. The van der Waals surface area contributed by atoms with Crippen LogP contribution in [0.1, 0.15) is 29.9 Å². The number of carbonyl (C=O) groups excluding carboxylic acids is 1. The first-order valence-electron chi connectivity index (χ1n) is 4.58. The zero-order valence-electron chi connectivity index (χ0n) is 7.81. The van der Waals surface area contributed by atoms with E-state index >= 15 is 0 Å². The van der Waals surface area contributed by atoms with Gasteiger partial charge in [-0.05, 0) is 30.5 Å². The Morgan fingerprint density at radius 1 is 1.50 bits per heavy atom. The zero-order chi connectivity index (χ0) is 10.3. The highest BCUT2D eigenvalue weighted by atomic mass is 79.9. The van der Waals surface area contributed by atoms with Gasteiger partial charge >= 0.3 is 0 Å². The molecular weight excluding hydrogens is 247 g/mol. The third-order valence-electron chi connectivity index (χ3n) is 2.72. The van der Waals surface area contributed by atoms with E-state index in [0.29, 0.717) is 12.0 Å². The van der Waals surface area contributed by atoms with Gasteiger partial charge in [-0.3, -0.25) is 4.79 Å². The van der Waals surface area contributed by atoms with Crippen LogP contribution in [0.4, 0.5) is 4.39 Å². The van der Waals surface area contributed by atoms with Crippen molar-refractivity contribution in [2.75, 3.05) is 0 Å². The Morgan fingerprint density at radius 2 is 2.21 bits per heavy atom. The Kier molecular flexibility index (Phi) is 2.43. The fourth-order valence-corrected chi connectivity index (χ4v) is 2.00. The van der Waals surface area contributed by atoms with Crippen LogP contribution in [0.2, 0.25) is 0 Å². The normalized spacial score (nSPS) is 20.8. The zero-order valence-corrected chi connectivity index (χ0v) is 9.40. The molecule has 0 bridgehead atoms. The van der Waals surface area contributed by atoms with Crippen molar-refractivity contribution in [1.82, 2.24) is 0 Å². The monoisotopic (exact) mass is 256 g/mol. The van der Waals surface area contributed by atoms with Crippen molar-refractivity contribution in [2.45, 2.75) is 25.7 Å². The summed E-state index contributed by atoms with van der Waals surface area (Å²) in [6, 6.07) is 3.21. The quantitative estimate of drug-likeness (QED) is 0.754. The molecule has 0 aliphatic heterocycles. The number of carbonyl (C=O) groups is 1. The second kappa shape index (κ2) is 3.46. The topological polar surface area (TPSA) is 17.1 Å². The second-order valence-electron chi connectivity index (χ2n) is 3.68. The molecule has 0 amide bonds. The van der Waals surface area contributed by atoms with E-state index in [1.54, 1.807) is 6.07 Å². The second-order valence-corrected chi connectivity index (χ2v) is 4.53. The SMILES string of the molecule is Cc1cc(C2CCC2=O)c(F)cc1Br. The minimum atomic E-state index is -0.277. The standard InChI is InChI=1S/C11H10BrFO/c1-6-4-8(7-2-3-11(7)14)10(13)5-9(6)12/h4-5,7H,2-3H2,1H3. The van der Waals surface area contributed by atoms with Crippen LogP contribution in [0.3, 0.4) is 0 Å². The largest absolute Gasteiger partial charge is 0.299 e. The number of hydrogen-bond acceptors (Lipinski definition) is 1. The number of aryl methyl sites for hydroxylation is 1. The lowest BCUT2D eigenvalue weighted by Crippen LogP contribution is -2.24. The van der Waals surface area contributed by atoms with Gasteiger partial charge < -0.3 is 0 Å². The number of hydrogen-bond donors (Lipinski definition) is 0. The number of ketones is 1. The summed E-state index contributed by atoms with van der Waals surface area (Å²) in [6.07, 6.45) is 1.38. The summed E-state index contributed by atoms with van der Waals surface area (Å²) < 4.78 is 14.2. The molecule has 0 aromatic heterocycles. The van der Waals surface area contributed by atoms with Crippen LogP contribution in [0.25, 0.3) is 0 Å². The molecule has 1 aliphatic rings. The summed E-state index contributed by atoms with van der Waals surface area (Å²) in [6.45, 7) is 1.90. The average Bonchev–Trinajstić information content (AvgIpc) is 2.12. The van der Waals surface area contributed by atoms with Gasteiger partial charge in [0.15, 0.2) is 0 Å². The Labute approximate surface area is 90.4 Å². The molecule has 0 saturated heterocycles. The van der Waals surface area contributed by atoms with Crippen molar-refractivity contribution in [1.29, 1.82) is 0 Å². The predicted octanol–water partition coefficient (Wildman–Crippen LogP) is 3.34. The maximum atomic E-state index is 13.5. The summed E-state index contributed by atoms with van der Waals surface area (Å²) in [7, 11) is 0. The van der Waals surface area contributed by atoms with E-state index in [2.05, 4.69) is 15.9 Å². The fourth-order valence-electron chi connectivity index (χ4n) is 1.68. The maximum Gasteiger partial charge on any atom is 0.140 e. The fraction of sp³-hybridized carbons (Fsp3) is 0.364. The van der Waals surface area contributed by atoms with Crippen LogP contribution >= 0.6 is 15.9 Å². The number of halogens is 2. The van der Waals surface area contributed by atoms with E-state index in [1.807, 2.05) is 6.92 Å². The van der Waals surface area contributed by atoms with Crippen LogP contribution in [-0.4, -0.2) is 5.78 Å². The minimum absolute atomic E-state index is 0.158. The third kappa shape index (κ3) is 1.50. The summed E-state index contributed by atoms with van der Waals surface area (Å²) in [5.41, 5.74) is 1.53. The molecule has 2 rings (SSSR count). The number of Topliss-reactive ketones (excluding diaryl/α,β-unsaturated/α-hetero) is 1. The lowest BCUT2D eigenvalue weighted by molar-refractivity contribution is -0.125. The van der Waals surface area contributed by atoms with Crippen molar-refractivity contribution in [3.8, 4) is 0 Å². The lowest BCUT2D eigenvalue weighted by atomic mass is 9.78. The van der Waals surface area contributed by atoms with Crippen LogP contribution < -0.4 is 0 Å². The molecule has 1 aromatic rings.